The van der Waals surface area contributed by atoms with E-state index in [1.54, 1.807) is 35.0 Å². The van der Waals surface area contributed by atoms with E-state index in [-0.39, 0.29) is 5.76 Å². The molecule has 1 aromatic heterocycles. The summed E-state index contributed by atoms with van der Waals surface area (Å²) in [7, 11) is 0. The maximum absolute atomic E-state index is 13.3. The van der Waals surface area contributed by atoms with Crippen molar-refractivity contribution >= 4 is 46.0 Å². The Morgan fingerprint density at radius 3 is 2.44 bits per heavy atom. The largest absolute Gasteiger partial charge is 0.867 e. The third-order valence-corrected chi connectivity index (χ3v) is 4.66. The Kier molecular flexibility index (Phi) is 5.89. The second-order valence-corrected chi connectivity index (χ2v) is 7.09. The van der Waals surface area contributed by atoms with Gasteiger partial charge in [-0.3, -0.25) is 0 Å². The van der Waals surface area contributed by atoms with E-state index < -0.39 is 0 Å². The monoisotopic (exact) mass is 394 g/mol. The summed E-state index contributed by atoms with van der Waals surface area (Å²) in [6.07, 6.45) is 3.68. The summed E-state index contributed by atoms with van der Waals surface area (Å²) < 4.78 is 1.74. The zero-order valence-electron chi connectivity index (χ0n) is 15.1. The minimum atomic E-state index is -0.235. The lowest BCUT2D eigenvalue weighted by molar-refractivity contribution is -0.578. The molecule has 1 N–H and O–H groups in total. The fraction of sp³-hybridized carbons (Fsp3) is 0.0909. The molecule has 0 amide bonds. The Bertz CT molecular complexity index is 1030. The highest BCUT2D eigenvalue weighted by Crippen LogP contribution is 2.24. The van der Waals surface area contributed by atoms with Crippen LogP contribution in [-0.2, 0) is 0 Å². The van der Waals surface area contributed by atoms with Crippen LogP contribution in [0.5, 0.6) is 0 Å². The van der Waals surface area contributed by atoms with E-state index in [9.17, 15) is 5.11 Å². The normalized spacial score (nSPS) is 11.7. The number of hydrogen-bond donors (Lipinski definition) is 1. The van der Waals surface area contributed by atoms with E-state index in [1.165, 1.54) is 0 Å². The topological polar surface area (TPSA) is 39.0 Å². The van der Waals surface area contributed by atoms with Crippen LogP contribution >= 0.6 is 23.8 Å². The van der Waals surface area contributed by atoms with Crippen molar-refractivity contribution in [1.29, 1.82) is 0 Å². The highest BCUT2D eigenvalue weighted by atomic mass is 35.5. The van der Waals surface area contributed by atoms with E-state index in [1.807, 2.05) is 56.4 Å². The maximum atomic E-state index is 13.3. The first-order valence-corrected chi connectivity index (χ1v) is 9.27. The molecule has 0 spiro atoms. The molecule has 0 bridgehead atoms. The van der Waals surface area contributed by atoms with E-state index in [0.717, 1.165) is 16.8 Å². The summed E-state index contributed by atoms with van der Waals surface area (Å²) in [6.45, 7) is 3.97. The number of nitrogens with one attached hydrogen (secondary N) is 1. The van der Waals surface area contributed by atoms with Gasteiger partial charge in [0.15, 0.2) is 17.4 Å². The van der Waals surface area contributed by atoms with Crippen molar-refractivity contribution in [3.63, 3.8) is 0 Å². The van der Waals surface area contributed by atoms with E-state index >= 15 is 0 Å². The van der Waals surface area contributed by atoms with Gasteiger partial charge in [-0.1, -0.05) is 54.2 Å². The van der Waals surface area contributed by atoms with Crippen molar-refractivity contribution in [2.75, 3.05) is 5.32 Å². The average Bonchev–Trinajstić information content (AvgIpc) is 2.62. The summed E-state index contributed by atoms with van der Waals surface area (Å²) in [5.74, 6) is -0.235. The first-order chi connectivity index (χ1) is 13.0. The lowest BCUT2D eigenvalue weighted by atomic mass is 10.1. The van der Waals surface area contributed by atoms with Crippen molar-refractivity contribution in [2.24, 2.45) is 0 Å². The first kappa shape index (κ1) is 19.1. The zero-order valence-corrected chi connectivity index (χ0v) is 16.6. The van der Waals surface area contributed by atoms with Gasteiger partial charge in [0, 0.05) is 22.3 Å². The molecule has 3 aromatic rings. The van der Waals surface area contributed by atoms with Crippen LogP contribution in [0.4, 0.5) is 5.69 Å². The van der Waals surface area contributed by atoms with E-state index in [4.69, 9.17) is 23.8 Å². The molecule has 0 radical (unpaired) electrons. The minimum Gasteiger partial charge on any atom is -0.867 e. The molecule has 5 heteroatoms. The zero-order chi connectivity index (χ0) is 19.4. The van der Waals surface area contributed by atoms with Gasteiger partial charge in [-0.25, -0.2) is 0 Å². The summed E-state index contributed by atoms with van der Waals surface area (Å²) in [5, 5.41) is 16.9. The third-order valence-electron chi connectivity index (χ3n) is 4.03. The summed E-state index contributed by atoms with van der Waals surface area (Å²) in [5.41, 5.74) is 3.71. The summed E-state index contributed by atoms with van der Waals surface area (Å²) >= 11 is 11.9. The number of halogens is 1. The Labute approximate surface area is 169 Å². The molecule has 2 aromatic carbocycles. The van der Waals surface area contributed by atoms with Gasteiger partial charge in [0.05, 0.1) is 0 Å². The number of nitrogens with zero attached hydrogens (tertiary/aromatic N) is 1. The van der Waals surface area contributed by atoms with Crippen LogP contribution in [0.3, 0.4) is 0 Å². The Hall–Kier alpha value is -2.69. The molecule has 3 nitrogen and oxygen atoms in total. The minimum absolute atomic E-state index is 0.235. The molecule has 0 saturated carbocycles. The fourth-order valence-corrected chi connectivity index (χ4v) is 3.29. The first-order valence-electron chi connectivity index (χ1n) is 8.48. The summed E-state index contributed by atoms with van der Waals surface area (Å²) in [4.78, 5) is 0.334. The quantitative estimate of drug-likeness (QED) is 0.309. The van der Waals surface area contributed by atoms with Gasteiger partial charge in [-0.2, -0.15) is 4.57 Å². The fourth-order valence-electron chi connectivity index (χ4n) is 2.76. The van der Waals surface area contributed by atoms with Gasteiger partial charge in [-0.15, -0.1) is 0 Å². The third kappa shape index (κ3) is 4.54. The van der Waals surface area contributed by atoms with Crippen molar-refractivity contribution in [3.8, 4) is 0 Å². The van der Waals surface area contributed by atoms with Gasteiger partial charge in [-0.05, 0) is 55.0 Å². The standard InChI is InChI=1S/C22H19ClN2OS/c1-15-7-5-9-17(13-15)24-22(27)20(25-12-6-8-16(2)14-25)21(26)18-10-3-4-11-19(18)23/h3-14H,1-2H3,(H-,24,26,27). The van der Waals surface area contributed by atoms with Gasteiger partial charge < -0.3 is 10.4 Å². The summed E-state index contributed by atoms with van der Waals surface area (Å²) in [6, 6.07) is 18.7. The molecular weight excluding hydrogens is 376 g/mol. The van der Waals surface area contributed by atoms with Crippen molar-refractivity contribution in [1.82, 2.24) is 0 Å². The number of anilines is 1. The van der Waals surface area contributed by atoms with Crippen LogP contribution in [0.15, 0.2) is 73.1 Å². The molecule has 0 saturated heterocycles. The molecule has 0 aliphatic heterocycles. The predicted molar refractivity (Wildman–Crippen MR) is 113 cm³/mol. The highest BCUT2D eigenvalue weighted by Gasteiger charge is 2.20. The van der Waals surface area contributed by atoms with Crippen molar-refractivity contribution in [3.05, 3.63) is 94.8 Å². The number of thiocarbonyl (C=S) groups is 1. The number of benzene rings is 2. The molecule has 3 rings (SSSR count). The van der Waals surface area contributed by atoms with Crippen LogP contribution in [0, 0.1) is 13.8 Å². The van der Waals surface area contributed by atoms with E-state index in [2.05, 4.69) is 5.32 Å². The second-order valence-electron chi connectivity index (χ2n) is 6.27. The number of rotatable bonds is 4. The molecule has 0 atom stereocenters. The Morgan fingerprint density at radius 1 is 1.00 bits per heavy atom. The van der Waals surface area contributed by atoms with Crippen molar-refractivity contribution < 1.29 is 9.67 Å². The number of pyridine rings is 1. The van der Waals surface area contributed by atoms with Crippen LogP contribution in [0.1, 0.15) is 16.7 Å². The average molecular weight is 395 g/mol. The predicted octanol–water partition coefficient (Wildman–Crippen LogP) is 4.37. The Morgan fingerprint density at radius 2 is 1.74 bits per heavy atom. The van der Waals surface area contributed by atoms with Gasteiger partial charge in [0.25, 0.3) is 0 Å². The maximum Gasteiger partial charge on any atom is 0.238 e. The molecular formula is C22H19ClN2OS. The van der Waals surface area contributed by atoms with Gasteiger partial charge in [0.2, 0.25) is 5.70 Å². The smallest absolute Gasteiger partial charge is 0.238 e. The lowest BCUT2D eigenvalue weighted by Gasteiger charge is -2.18. The molecule has 0 aliphatic rings. The molecule has 27 heavy (non-hydrogen) atoms. The molecule has 1 heterocycles. The Balaban J connectivity index is 2.11. The number of aromatic nitrogens is 1. The number of aryl methyl sites for hydroxylation is 2. The molecule has 136 valence electrons. The highest BCUT2D eigenvalue weighted by molar-refractivity contribution is 7.81. The van der Waals surface area contributed by atoms with Crippen LogP contribution in [-0.4, -0.2) is 4.99 Å². The molecule has 0 aliphatic carbocycles. The van der Waals surface area contributed by atoms with Crippen LogP contribution in [0.25, 0.3) is 11.5 Å². The second kappa shape index (κ2) is 8.33. The van der Waals surface area contributed by atoms with Crippen LogP contribution in [0.2, 0.25) is 5.02 Å². The van der Waals surface area contributed by atoms with Gasteiger partial charge >= 0.3 is 0 Å². The van der Waals surface area contributed by atoms with Gasteiger partial charge in [0.1, 0.15) is 0 Å². The molecule has 0 unspecified atom stereocenters. The van der Waals surface area contributed by atoms with E-state index in [0.29, 0.717) is 21.3 Å². The molecule has 0 fully saturated rings. The number of hydrogen-bond acceptors (Lipinski definition) is 2. The SMILES string of the molecule is Cc1cccc(NC(=S)C(=C([O-])c2ccccc2Cl)[n+]2cccc(C)c2)c1. The van der Waals surface area contributed by atoms with Crippen LogP contribution < -0.4 is 15.0 Å². The van der Waals surface area contributed by atoms with Crippen molar-refractivity contribution in [2.45, 2.75) is 13.8 Å². The lowest BCUT2D eigenvalue weighted by Crippen LogP contribution is -2.40.